The van der Waals surface area contributed by atoms with Crippen LogP contribution in [0.3, 0.4) is 0 Å². The average Bonchev–Trinajstić information content (AvgIpc) is 2.52. The maximum absolute atomic E-state index is 10.9. The van der Waals surface area contributed by atoms with Crippen molar-refractivity contribution in [3.63, 3.8) is 0 Å². The first kappa shape index (κ1) is 16.8. The van der Waals surface area contributed by atoms with Crippen LogP contribution in [0.25, 0.3) is 10.8 Å². The second-order valence-electron chi connectivity index (χ2n) is 5.04. The number of carbonyl (C=O) groups is 1. The molecule has 2 N–H and O–H groups in total. The largest absolute Gasteiger partial charge is 0.496 e. The zero-order chi connectivity index (χ0) is 16.1. The molecule has 2 aromatic rings. The smallest absolute Gasteiger partial charge is 0.185 e. The summed E-state index contributed by atoms with van der Waals surface area (Å²) in [5.74, 6) is 1.22. The molecule has 2 rings (SSSR count). The number of carbonyl (C=O) groups excluding carboxylic acids is 1. The molecule has 0 aromatic heterocycles. The molecule has 0 aliphatic heterocycles. The van der Waals surface area contributed by atoms with E-state index in [0.29, 0.717) is 17.7 Å². The van der Waals surface area contributed by atoms with Crippen molar-refractivity contribution in [1.82, 2.24) is 0 Å². The summed E-state index contributed by atoms with van der Waals surface area (Å²) in [5.41, 5.74) is 0.664. The van der Waals surface area contributed by atoms with Gasteiger partial charge in [-0.3, -0.25) is 4.79 Å². The fraction of sp³-hybridized carbons (Fsp3) is 0.353. The molecule has 118 valence electrons. The molecule has 0 spiro atoms. The van der Waals surface area contributed by atoms with E-state index < -0.39 is 12.2 Å². The van der Waals surface area contributed by atoms with Gasteiger partial charge >= 0.3 is 0 Å². The number of rotatable bonds is 6. The van der Waals surface area contributed by atoms with Crippen LogP contribution in [0.2, 0.25) is 0 Å². The van der Waals surface area contributed by atoms with Crippen LogP contribution in [0.15, 0.2) is 36.4 Å². The van der Waals surface area contributed by atoms with Gasteiger partial charge < -0.3 is 14.9 Å². The standard InChI is InChI=1S/C17H20O4S/c1-11(18)22-10-9-15(19)17(20)14-7-8-16(21-2)13-6-4-3-5-12(13)14/h3-8,15,17,19-20H,9-10H2,1-2H3. The van der Waals surface area contributed by atoms with Crippen LogP contribution in [-0.2, 0) is 4.79 Å². The Kier molecular flexibility index (Phi) is 5.83. The molecule has 5 heteroatoms. The highest BCUT2D eigenvalue weighted by Gasteiger charge is 2.21. The number of aliphatic hydroxyl groups excluding tert-OH is 2. The van der Waals surface area contributed by atoms with Crippen LogP contribution in [0, 0.1) is 0 Å². The van der Waals surface area contributed by atoms with E-state index in [1.165, 1.54) is 6.92 Å². The van der Waals surface area contributed by atoms with Crippen molar-refractivity contribution in [2.75, 3.05) is 12.9 Å². The topological polar surface area (TPSA) is 66.8 Å². The lowest BCUT2D eigenvalue weighted by atomic mass is 9.96. The van der Waals surface area contributed by atoms with Crippen LogP contribution < -0.4 is 4.74 Å². The van der Waals surface area contributed by atoms with Crippen LogP contribution in [0.4, 0.5) is 0 Å². The fourth-order valence-electron chi connectivity index (χ4n) is 2.42. The Morgan fingerprint density at radius 1 is 1.18 bits per heavy atom. The quantitative estimate of drug-likeness (QED) is 0.856. The van der Waals surface area contributed by atoms with Gasteiger partial charge in [-0.25, -0.2) is 0 Å². The van der Waals surface area contributed by atoms with Gasteiger partial charge in [0.2, 0.25) is 0 Å². The summed E-state index contributed by atoms with van der Waals surface area (Å²) in [4.78, 5) is 10.9. The van der Waals surface area contributed by atoms with E-state index >= 15 is 0 Å². The summed E-state index contributed by atoms with van der Waals surface area (Å²) in [5, 5.41) is 22.4. The zero-order valence-corrected chi connectivity index (χ0v) is 13.5. The number of fused-ring (bicyclic) bond motifs is 1. The highest BCUT2D eigenvalue weighted by Crippen LogP contribution is 2.33. The maximum Gasteiger partial charge on any atom is 0.185 e. The Hall–Kier alpha value is -1.56. The normalized spacial score (nSPS) is 13.8. The van der Waals surface area contributed by atoms with Gasteiger partial charge in [-0.1, -0.05) is 42.1 Å². The first-order valence-electron chi connectivity index (χ1n) is 7.09. The van der Waals surface area contributed by atoms with Gasteiger partial charge in [0.1, 0.15) is 11.9 Å². The number of thioether (sulfide) groups is 1. The summed E-state index contributed by atoms with van der Waals surface area (Å²) in [7, 11) is 1.60. The van der Waals surface area contributed by atoms with Crippen molar-refractivity contribution in [2.45, 2.75) is 25.6 Å². The monoisotopic (exact) mass is 320 g/mol. The Bertz CT molecular complexity index is 656. The van der Waals surface area contributed by atoms with E-state index in [4.69, 9.17) is 4.74 Å². The highest BCUT2D eigenvalue weighted by atomic mass is 32.2. The van der Waals surface area contributed by atoms with E-state index in [1.54, 1.807) is 19.2 Å². The molecule has 0 bridgehead atoms. The van der Waals surface area contributed by atoms with Crippen molar-refractivity contribution >= 4 is 27.6 Å². The number of methoxy groups -OCH3 is 1. The molecule has 0 aliphatic rings. The maximum atomic E-state index is 10.9. The fourth-order valence-corrected chi connectivity index (χ4v) is 3.07. The molecule has 0 heterocycles. The number of benzene rings is 2. The van der Waals surface area contributed by atoms with E-state index in [9.17, 15) is 15.0 Å². The third kappa shape index (κ3) is 3.80. The minimum Gasteiger partial charge on any atom is -0.496 e. The minimum atomic E-state index is -0.997. The number of ether oxygens (including phenoxy) is 1. The van der Waals surface area contributed by atoms with Crippen LogP contribution in [0.5, 0.6) is 5.75 Å². The number of hydrogen-bond donors (Lipinski definition) is 2. The minimum absolute atomic E-state index is 0.0107. The Labute approximate surface area is 134 Å². The van der Waals surface area contributed by atoms with Crippen molar-refractivity contribution in [3.8, 4) is 5.75 Å². The van der Waals surface area contributed by atoms with Crippen molar-refractivity contribution in [3.05, 3.63) is 42.0 Å². The summed E-state index contributed by atoms with van der Waals surface area (Å²) >= 11 is 1.15. The van der Waals surface area contributed by atoms with E-state index in [0.717, 1.165) is 28.3 Å². The third-order valence-corrected chi connectivity index (χ3v) is 4.39. The van der Waals surface area contributed by atoms with Crippen LogP contribution in [0.1, 0.15) is 25.0 Å². The molecule has 4 nitrogen and oxygen atoms in total. The molecule has 2 unspecified atom stereocenters. The van der Waals surface area contributed by atoms with Crippen LogP contribution >= 0.6 is 11.8 Å². The van der Waals surface area contributed by atoms with Gasteiger partial charge in [0, 0.05) is 18.1 Å². The third-order valence-electron chi connectivity index (χ3n) is 3.54. The van der Waals surface area contributed by atoms with E-state index in [-0.39, 0.29) is 5.12 Å². The van der Waals surface area contributed by atoms with Crippen molar-refractivity contribution < 1.29 is 19.7 Å². The first-order valence-corrected chi connectivity index (χ1v) is 8.08. The average molecular weight is 320 g/mol. The zero-order valence-electron chi connectivity index (χ0n) is 12.7. The molecule has 0 fully saturated rings. The van der Waals surface area contributed by atoms with Gasteiger partial charge in [0.25, 0.3) is 0 Å². The second kappa shape index (κ2) is 7.63. The number of hydrogen-bond acceptors (Lipinski definition) is 5. The Balaban J connectivity index is 2.24. The molecule has 0 amide bonds. The van der Waals surface area contributed by atoms with Crippen LogP contribution in [-0.4, -0.2) is 34.3 Å². The molecule has 0 aliphatic carbocycles. The Morgan fingerprint density at radius 3 is 2.50 bits per heavy atom. The molecule has 0 saturated carbocycles. The summed E-state index contributed by atoms with van der Waals surface area (Å²) in [6.07, 6.45) is -1.56. The van der Waals surface area contributed by atoms with Gasteiger partial charge in [0.15, 0.2) is 5.12 Å². The van der Waals surface area contributed by atoms with Crippen molar-refractivity contribution in [2.24, 2.45) is 0 Å². The number of aliphatic hydroxyl groups is 2. The second-order valence-corrected chi connectivity index (χ2v) is 6.32. The molecule has 2 aromatic carbocycles. The predicted octanol–water partition coefficient (Wildman–Crippen LogP) is 2.91. The molecular formula is C17H20O4S. The molecule has 22 heavy (non-hydrogen) atoms. The van der Waals surface area contributed by atoms with Gasteiger partial charge in [0.05, 0.1) is 13.2 Å². The van der Waals surface area contributed by atoms with E-state index in [1.807, 2.05) is 24.3 Å². The summed E-state index contributed by atoms with van der Waals surface area (Å²) in [6, 6.07) is 11.2. The molecule has 0 radical (unpaired) electrons. The SMILES string of the molecule is COc1ccc(C(O)C(O)CCSC(C)=O)c2ccccc12. The predicted molar refractivity (Wildman–Crippen MR) is 89.2 cm³/mol. The van der Waals surface area contributed by atoms with E-state index in [2.05, 4.69) is 0 Å². The van der Waals surface area contributed by atoms with Crippen molar-refractivity contribution in [1.29, 1.82) is 0 Å². The van der Waals surface area contributed by atoms with Gasteiger partial charge in [-0.05, 0) is 23.4 Å². The molecule has 0 saturated heterocycles. The van der Waals surface area contributed by atoms with Gasteiger partial charge in [-0.2, -0.15) is 0 Å². The Morgan fingerprint density at radius 2 is 1.86 bits per heavy atom. The first-order chi connectivity index (χ1) is 10.5. The summed E-state index contributed by atoms with van der Waals surface area (Å²) in [6.45, 7) is 1.49. The lowest BCUT2D eigenvalue weighted by Gasteiger charge is -2.20. The van der Waals surface area contributed by atoms with Gasteiger partial charge in [-0.15, -0.1) is 0 Å². The highest BCUT2D eigenvalue weighted by molar-refractivity contribution is 8.13. The lowest BCUT2D eigenvalue weighted by molar-refractivity contribution is -0.109. The molecule has 2 atom stereocenters. The summed E-state index contributed by atoms with van der Waals surface area (Å²) < 4.78 is 5.33. The molecular weight excluding hydrogens is 300 g/mol. The lowest BCUT2D eigenvalue weighted by Crippen LogP contribution is -2.19.